The van der Waals surface area contributed by atoms with Crippen LogP contribution in [0.3, 0.4) is 0 Å². The highest BCUT2D eigenvalue weighted by atomic mass is 14.6. The van der Waals surface area contributed by atoms with Crippen LogP contribution in [-0.4, -0.2) is 4.98 Å². The zero-order chi connectivity index (χ0) is 13.7. The molecule has 2 rings (SSSR count). The summed E-state index contributed by atoms with van der Waals surface area (Å²) in [6.45, 7) is 4.33. The van der Waals surface area contributed by atoms with Gasteiger partial charge in [-0.3, -0.25) is 4.98 Å². The fourth-order valence-electron chi connectivity index (χ4n) is 2.32. The molecule has 2 aromatic rings. The average Bonchev–Trinajstić information content (AvgIpc) is 2.45. The molecule has 0 fully saturated rings. The Balaban J connectivity index is 2.36. The van der Waals surface area contributed by atoms with Gasteiger partial charge < -0.3 is 0 Å². The molecule has 0 bridgehead atoms. The first-order chi connectivity index (χ1) is 9.22. The Bertz CT molecular complexity index is 567. The Labute approximate surface area is 114 Å². The van der Waals surface area contributed by atoms with E-state index < -0.39 is 0 Å². The summed E-state index contributed by atoms with van der Waals surface area (Å²) in [6.07, 6.45) is 4.21. The van der Waals surface area contributed by atoms with Crippen molar-refractivity contribution in [2.24, 2.45) is 5.92 Å². The van der Waals surface area contributed by atoms with Gasteiger partial charge in [0.05, 0.1) is 6.07 Å². The van der Waals surface area contributed by atoms with Crippen molar-refractivity contribution in [3.63, 3.8) is 0 Å². The smallest absolute Gasteiger partial charge is 0.0628 e. The lowest BCUT2D eigenvalue weighted by Gasteiger charge is -2.19. The summed E-state index contributed by atoms with van der Waals surface area (Å²) in [5.41, 5.74) is 3.51. The van der Waals surface area contributed by atoms with Gasteiger partial charge in [-0.1, -0.05) is 44.2 Å². The first kappa shape index (κ1) is 13.3. The van der Waals surface area contributed by atoms with Crippen molar-refractivity contribution in [3.8, 4) is 17.2 Å². The van der Waals surface area contributed by atoms with Crippen molar-refractivity contribution in [1.29, 1.82) is 5.26 Å². The second kappa shape index (κ2) is 6.15. The molecule has 0 radical (unpaired) electrons. The molecule has 2 heteroatoms. The summed E-state index contributed by atoms with van der Waals surface area (Å²) in [5.74, 6) is 0.755. The quantitative estimate of drug-likeness (QED) is 0.806. The monoisotopic (exact) mass is 250 g/mol. The first-order valence-corrected chi connectivity index (χ1v) is 6.59. The molecular weight excluding hydrogens is 232 g/mol. The Morgan fingerprint density at radius 1 is 1.16 bits per heavy atom. The second-order valence-corrected chi connectivity index (χ2v) is 5.08. The molecule has 0 saturated heterocycles. The van der Waals surface area contributed by atoms with Gasteiger partial charge in [-0.2, -0.15) is 5.26 Å². The van der Waals surface area contributed by atoms with Gasteiger partial charge in [0, 0.05) is 18.8 Å². The molecule has 96 valence electrons. The standard InChI is InChI=1S/C17H18N2/c1-13(2)17(8-9-18)15-6-3-5-14(11-15)16-7-4-10-19-12-16/h3-7,10-13,17H,8H2,1-2H3. The highest BCUT2D eigenvalue weighted by Gasteiger charge is 2.15. The number of hydrogen-bond donors (Lipinski definition) is 0. The Hall–Kier alpha value is -2.14. The normalized spacial score (nSPS) is 12.1. The largest absolute Gasteiger partial charge is 0.264 e. The molecule has 0 aliphatic carbocycles. The molecule has 1 unspecified atom stereocenters. The molecule has 0 saturated carbocycles. The third kappa shape index (κ3) is 3.20. The van der Waals surface area contributed by atoms with E-state index in [1.54, 1.807) is 6.20 Å². The molecule has 0 aliphatic heterocycles. The van der Waals surface area contributed by atoms with E-state index in [1.165, 1.54) is 5.56 Å². The van der Waals surface area contributed by atoms with E-state index in [1.807, 2.05) is 12.3 Å². The highest BCUT2D eigenvalue weighted by Crippen LogP contribution is 2.30. The summed E-state index contributed by atoms with van der Waals surface area (Å²) < 4.78 is 0. The number of aromatic nitrogens is 1. The Kier molecular flexibility index (Phi) is 4.30. The van der Waals surface area contributed by atoms with Gasteiger partial charge in [-0.05, 0) is 34.6 Å². The Morgan fingerprint density at radius 2 is 1.95 bits per heavy atom. The molecule has 1 aromatic heterocycles. The van der Waals surface area contributed by atoms with E-state index in [2.05, 4.69) is 55.2 Å². The van der Waals surface area contributed by atoms with E-state index in [4.69, 9.17) is 5.26 Å². The maximum atomic E-state index is 8.97. The maximum absolute atomic E-state index is 8.97. The van der Waals surface area contributed by atoms with E-state index >= 15 is 0 Å². The number of nitriles is 1. The number of pyridine rings is 1. The van der Waals surface area contributed by atoms with E-state index in [0.717, 1.165) is 11.1 Å². The highest BCUT2D eigenvalue weighted by molar-refractivity contribution is 5.63. The minimum Gasteiger partial charge on any atom is -0.264 e. The number of benzene rings is 1. The predicted molar refractivity (Wildman–Crippen MR) is 77.5 cm³/mol. The molecular formula is C17H18N2. The fourth-order valence-corrected chi connectivity index (χ4v) is 2.32. The van der Waals surface area contributed by atoms with Crippen LogP contribution >= 0.6 is 0 Å². The van der Waals surface area contributed by atoms with E-state index in [-0.39, 0.29) is 0 Å². The van der Waals surface area contributed by atoms with Gasteiger partial charge in [0.25, 0.3) is 0 Å². The van der Waals surface area contributed by atoms with Crippen LogP contribution < -0.4 is 0 Å². The lowest BCUT2D eigenvalue weighted by atomic mass is 9.85. The van der Waals surface area contributed by atoms with Crippen molar-refractivity contribution in [2.45, 2.75) is 26.2 Å². The lowest BCUT2D eigenvalue weighted by Crippen LogP contribution is -2.06. The summed E-state index contributed by atoms with van der Waals surface area (Å²) in [5, 5.41) is 8.97. The third-order valence-corrected chi connectivity index (χ3v) is 3.43. The number of rotatable bonds is 4. The first-order valence-electron chi connectivity index (χ1n) is 6.59. The molecule has 19 heavy (non-hydrogen) atoms. The minimum atomic E-state index is 0.293. The van der Waals surface area contributed by atoms with Gasteiger partial charge in [-0.25, -0.2) is 0 Å². The molecule has 0 amide bonds. The van der Waals surface area contributed by atoms with Crippen LogP contribution in [0.15, 0.2) is 48.8 Å². The summed E-state index contributed by atoms with van der Waals surface area (Å²) in [4.78, 5) is 4.15. The topological polar surface area (TPSA) is 36.7 Å². The summed E-state index contributed by atoms with van der Waals surface area (Å²) >= 11 is 0. The second-order valence-electron chi connectivity index (χ2n) is 5.08. The third-order valence-electron chi connectivity index (χ3n) is 3.43. The predicted octanol–water partition coefficient (Wildman–Crippen LogP) is 4.40. The van der Waals surface area contributed by atoms with Crippen molar-refractivity contribution in [3.05, 3.63) is 54.4 Å². The molecule has 2 nitrogen and oxygen atoms in total. The van der Waals surface area contributed by atoms with Crippen LogP contribution in [0.5, 0.6) is 0 Å². The lowest BCUT2D eigenvalue weighted by molar-refractivity contribution is 0.506. The fraction of sp³-hybridized carbons (Fsp3) is 0.294. The van der Waals surface area contributed by atoms with Crippen LogP contribution in [-0.2, 0) is 0 Å². The number of nitrogens with zero attached hydrogens (tertiary/aromatic N) is 2. The van der Waals surface area contributed by atoms with Crippen LogP contribution in [0.1, 0.15) is 31.7 Å². The zero-order valence-electron chi connectivity index (χ0n) is 11.4. The number of hydrogen-bond acceptors (Lipinski definition) is 2. The van der Waals surface area contributed by atoms with Crippen LogP contribution in [0.2, 0.25) is 0 Å². The summed E-state index contributed by atoms with van der Waals surface area (Å²) in [7, 11) is 0. The van der Waals surface area contributed by atoms with E-state index in [9.17, 15) is 0 Å². The van der Waals surface area contributed by atoms with Crippen LogP contribution in [0.25, 0.3) is 11.1 Å². The van der Waals surface area contributed by atoms with Crippen molar-refractivity contribution < 1.29 is 0 Å². The molecule has 1 aromatic carbocycles. The molecule has 1 heterocycles. The van der Waals surface area contributed by atoms with Gasteiger partial charge in [-0.15, -0.1) is 0 Å². The molecule has 1 atom stereocenters. The molecule has 0 N–H and O–H groups in total. The average molecular weight is 250 g/mol. The SMILES string of the molecule is CC(C)C(CC#N)c1cccc(-c2cccnc2)c1. The van der Waals surface area contributed by atoms with Crippen LogP contribution in [0, 0.1) is 17.2 Å². The maximum Gasteiger partial charge on any atom is 0.0628 e. The van der Waals surface area contributed by atoms with Gasteiger partial charge in [0.1, 0.15) is 0 Å². The van der Waals surface area contributed by atoms with Crippen molar-refractivity contribution in [1.82, 2.24) is 4.98 Å². The molecule has 0 spiro atoms. The van der Waals surface area contributed by atoms with Crippen molar-refractivity contribution in [2.75, 3.05) is 0 Å². The zero-order valence-corrected chi connectivity index (χ0v) is 11.4. The van der Waals surface area contributed by atoms with Crippen molar-refractivity contribution >= 4 is 0 Å². The van der Waals surface area contributed by atoms with Crippen LogP contribution in [0.4, 0.5) is 0 Å². The van der Waals surface area contributed by atoms with Gasteiger partial charge >= 0.3 is 0 Å². The molecule has 0 aliphatic rings. The minimum absolute atomic E-state index is 0.293. The Morgan fingerprint density at radius 3 is 2.58 bits per heavy atom. The van der Waals surface area contributed by atoms with E-state index in [0.29, 0.717) is 18.3 Å². The summed E-state index contributed by atoms with van der Waals surface area (Å²) in [6, 6.07) is 14.7. The van der Waals surface area contributed by atoms with Gasteiger partial charge in [0.15, 0.2) is 0 Å². The van der Waals surface area contributed by atoms with Gasteiger partial charge in [0.2, 0.25) is 0 Å².